The van der Waals surface area contributed by atoms with Crippen LogP contribution in [0.5, 0.6) is 0 Å². The van der Waals surface area contributed by atoms with Crippen molar-refractivity contribution in [1.82, 2.24) is 0 Å². The van der Waals surface area contributed by atoms with Crippen LogP contribution in [0, 0.1) is 0 Å². The lowest BCUT2D eigenvalue weighted by Crippen LogP contribution is -2.49. The van der Waals surface area contributed by atoms with E-state index in [1.54, 1.807) is 0 Å². The van der Waals surface area contributed by atoms with Crippen molar-refractivity contribution in [2.24, 2.45) is 0 Å². The van der Waals surface area contributed by atoms with Gasteiger partial charge in [-0.1, -0.05) is 159 Å². The molecule has 0 aliphatic heterocycles. The fourth-order valence-corrected chi connectivity index (χ4v) is 10.5. The molecule has 1 atom stereocenters. The van der Waals surface area contributed by atoms with E-state index in [1.807, 2.05) is 11.3 Å². The van der Waals surface area contributed by atoms with Crippen molar-refractivity contribution in [3.63, 3.8) is 0 Å². The van der Waals surface area contributed by atoms with Crippen molar-refractivity contribution in [2.75, 3.05) is 4.90 Å². The van der Waals surface area contributed by atoms with E-state index in [0.717, 1.165) is 17.1 Å². The highest BCUT2D eigenvalue weighted by Gasteiger charge is 2.55. The number of nitrogens with zero attached hydrogens (tertiary/aromatic N) is 1. The third kappa shape index (κ3) is 4.41. The van der Waals surface area contributed by atoms with Gasteiger partial charge in [0.25, 0.3) is 0 Å². The Hall–Kier alpha value is -5.96. The topological polar surface area (TPSA) is 3.24 Å². The molecule has 0 fully saturated rings. The lowest BCUT2D eigenvalue weighted by Gasteiger charge is -2.53. The summed E-state index contributed by atoms with van der Waals surface area (Å²) in [5, 5.41) is 5.12. The van der Waals surface area contributed by atoms with Crippen LogP contribution < -0.4 is 4.90 Å². The maximum absolute atomic E-state index is 2.47. The summed E-state index contributed by atoms with van der Waals surface area (Å²) in [6.07, 6.45) is 0. The van der Waals surface area contributed by atoms with E-state index in [0.29, 0.717) is 0 Å². The predicted molar refractivity (Wildman–Crippen MR) is 223 cm³/mol. The Morgan fingerprint density at radius 3 is 1.81 bits per heavy atom. The largest absolute Gasteiger partial charge is 0.310 e. The van der Waals surface area contributed by atoms with Crippen LogP contribution in [-0.4, -0.2) is 0 Å². The maximum Gasteiger partial charge on any atom is 0.0562 e. The van der Waals surface area contributed by atoms with E-state index >= 15 is 0 Å². The van der Waals surface area contributed by atoms with Crippen LogP contribution >= 0.6 is 11.3 Å². The molecule has 0 amide bonds. The molecule has 0 saturated carbocycles. The molecule has 1 unspecified atom stereocenters. The molecule has 1 aliphatic carbocycles. The fourth-order valence-electron chi connectivity index (χ4n) is 9.24. The summed E-state index contributed by atoms with van der Waals surface area (Å²) in [7, 11) is 0. The third-order valence-corrected chi connectivity index (χ3v) is 12.8. The average Bonchev–Trinajstić information content (AvgIpc) is 3.59. The summed E-state index contributed by atoms with van der Waals surface area (Å²) >= 11 is 1.93. The van der Waals surface area contributed by atoms with E-state index in [1.165, 1.54) is 64.3 Å². The van der Waals surface area contributed by atoms with E-state index < -0.39 is 5.41 Å². The quantitative estimate of drug-likeness (QED) is 0.175. The minimum Gasteiger partial charge on any atom is -0.310 e. The molecule has 0 N–H and O–H groups in total. The summed E-state index contributed by atoms with van der Waals surface area (Å²) < 4.78 is 2.68. The van der Waals surface area contributed by atoms with Crippen molar-refractivity contribution in [3.8, 4) is 11.1 Å². The molecule has 0 saturated heterocycles. The summed E-state index contributed by atoms with van der Waals surface area (Å²) in [5.41, 5.74) is 10.6. The predicted octanol–water partition coefficient (Wildman–Crippen LogP) is 14.0. The summed E-state index contributed by atoms with van der Waals surface area (Å²) in [6, 6.07) is 69.7. The minimum atomic E-state index is -0.489. The number of rotatable bonds is 5. The highest BCUT2D eigenvalue weighted by atomic mass is 32.1. The lowest BCUT2D eigenvalue weighted by atomic mass is 9.49. The average molecular weight is 684 g/mol. The molecule has 0 spiro atoms. The van der Waals surface area contributed by atoms with Gasteiger partial charge >= 0.3 is 0 Å². The van der Waals surface area contributed by atoms with E-state index in [4.69, 9.17) is 0 Å². The smallest absolute Gasteiger partial charge is 0.0562 e. The Kier molecular flexibility index (Phi) is 7.00. The first-order chi connectivity index (χ1) is 25.6. The van der Waals surface area contributed by atoms with E-state index in [-0.39, 0.29) is 5.41 Å². The second kappa shape index (κ2) is 11.8. The first-order valence-corrected chi connectivity index (χ1v) is 18.9. The molecule has 2 heteroatoms. The zero-order chi connectivity index (χ0) is 34.9. The van der Waals surface area contributed by atoms with Gasteiger partial charge in [0, 0.05) is 42.6 Å². The maximum atomic E-state index is 2.47. The zero-order valence-corrected chi connectivity index (χ0v) is 30.1. The summed E-state index contributed by atoms with van der Waals surface area (Å²) in [4.78, 5) is 2.38. The fraction of sp³-hybridized carbons (Fsp3) is 0.0800. The highest BCUT2D eigenvalue weighted by molar-refractivity contribution is 7.26. The molecular weight excluding hydrogens is 647 g/mol. The summed E-state index contributed by atoms with van der Waals surface area (Å²) in [6.45, 7) is 4.93. The van der Waals surface area contributed by atoms with Crippen LogP contribution in [0.25, 0.3) is 42.1 Å². The normalized spacial score (nSPS) is 16.1. The number of hydrogen-bond acceptors (Lipinski definition) is 2. The lowest BCUT2D eigenvalue weighted by molar-refractivity contribution is 0.356. The number of anilines is 3. The van der Waals surface area contributed by atoms with Gasteiger partial charge in [-0.2, -0.15) is 0 Å². The van der Waals surface area contributed by atoms with Gasteiger partial charge in [-0.25, -0.2) is 0 Å². The number of thiophene rings is 1. The Balaban J connectivity index is 1.25. The molecule has 8 aromatic carbocycles. The summed E-state index contributed by atoms with van der Waals surface area (Å²) in [5.74, 6) is 0. The Bertz CT molecular complexity index is 2770. The van der Waals surface area contributed by atoms with Gasteiger partial charge in [-0.05, 0) is 86.6 Å². The van der Waals surface area contributed by atoms with Crippen LogP contribution in [0.15, 0.2) is 188 Å². The standard InChI is InChI=1S/C50H37NS/c1-49(2)44-23-11-8-19-40(44)41-20-9-12-24-45(41)50(49,46-25-14-22-43-42-21-10-13-26-47(42)52-48(43)46)36-28-31-38(32-29-36)51(37-17-4-3-5-18-37)39-30-27-34-15-6-7-16-35(34)33-39/h3-33H,1-2H3. The van der Waals surface area contributed by atoms with Crippen LogP contribution in [0.4, 0.5) is 17.1 Å². The molecule has 1 aromatic heterocycles. The van der Waals surface area contributed by atoms with Crippen LogP contribution in [0.2, 0.25) is 0 Å². The third-order valence-electron chi connectivity index (χ3n) is 11.5. The molecule has 0 radical (unpaired) electrons. The van der Waals surface area contributed by atoms with Gasteiger partial charge < -0.3 is 4.90 Å². The Labute approximate surface area is 309 Å². The Morgan fingerprint density at radius 2 is 1.00 bits per heavy atom. The molecule has 9 aromatic rings. The van der Waals surface area contributed by atoms with Gasteiger partial charge in [0.15, 0.2) is 0 Å². The number of hydrogen-bond donors (Lipinski definition) is 0. The highest BCUT2D eigenvalue weighted by Crippen LogP contribution is 2.62. The number of fused-ring (bicyclic) bond motifs is 7. The van der Waals surface area contributed by atoms with Gasteiger partial charge in [-0.3, -0.25) is 0 Å². The zero-order valence-electron chi connectivity index (χ0n) is 29.3. The van der Waals surface area contributed by atoms with Gasteiger partial charge in [0.1, 0.15) is 0 Å². The van der Waals surface area contributed by atoms with Crippen molar-refractivity contribution in [3.05, 3.63) is 210 Å². The van der Waals surface area contributed by atoms with E-state index in [2.05, 4.69) is 207 Å². The minimum absolute atomic E-state index is 0.304. The first-order valence-electron chi connectivity index (χ1n) is 18.1. The monoisotopic (exact) mass is 683 g/mol. The Morgan fingerprint density at radius 1 is 0.423 bits per heavy atom. The molecule has 248 valence electrons. The number of para-hydroxylation sites is 1. The van der Waals surface area contributed by atoms with Gasteiger partial charge in [0.2, 0.25) is 0 Å². The molecule has 10 rings (SSSR count). The van der Waals surface area contributed by atoms with Gasteiger partial charge in [-0.15, -0.1) is 11.3 Å². The second-order valence-corrected chi connectivity index (χ2v) is 15.5. The molecule has 1 heterocycles. The second-order valence-electron chi connectivity index (χ2n) is 14.5. The molecule has 1 nitrogen and oxygen atoms in total. The number of benzene rings is 8. The molecule has 1 aliphatic rings. The first kappa shape index (κ1) is 30.8. The van der Waals surface area contributed by atoms with Crippen molar-refractivity contribution in [1.29, 1.82) is 0 Å². The van der Waals surface area contributed by atoms with Crippen LogP contribution in [0.3, 0.4) is 0 Å². The SMILES string of the molecule is CC1(C)c2ccccc2-c2ccccc2C1(c1ccc(N(c2ccccc2)c2ccc3ccccc3c2)cc1)c1cccc2c1sc1ccccc12. The van der Waals surface area contributed by atoms with Crippen LogP contribution in [-0.2, 0) is 10.8 Å². The van der Waals surface area contributed by atoms with E-state index in [9.17, 15) is 0 Å². The molecular formula is C50H37NS. The van der Waals surface area contributed by atoms with Gasteiger partial charge in [0.05, 0.1) is 5.41 Å². The van der Waals surface area contributed by atoms with Crippen molar-refractivity contribution >= 4 is 59.3 Å². The van der Waals surface area contributed by atoms with Crippen molar-refractivity contribution in [2.45, 2.75) is 24.7 Å². The molecule has 0 bridgehead atoms. The molecule has 52 heavy (non-hydrogen) atoms. The van der Waals surface area contributed by atoms with Crippen molar-refractivity contribution < 1.29 is 0 Å². The van der Waals surface area contributed by atoms with Crippen LogP contribution in [0.1, 0.15) is 36.1 Å².